The molecular weight excluding hydrogens is 212 g/mol. The second-order valence-electron chi connectivity index (χ2n) is 5.67. The van der Waals surface area contributed by atoms with Crippen molar-refractivity contribution in [1.29, 1.82) is 0 Å². The minimum absolute atomic E-state index is 0.343. The zero-order chi connectivity index (χ0) is 12.3. The molecule has 1 fully saturated rings. The van der Waals surface area contributed by atoms with Gasteiger partial charge in [-0.1, -0.05) is 13.8 Å². The zero-order valence-electron chi connectivity index (χ0n) is 10.8. The fraction of sp³-hybridized carbons (Fsp3) is 0.643. The zero-order valence-corrected chi connectivity index (χ0v) is 10.8. The Labute approximate surface area is 103 Å². The van der Waals surface area contributed by atoms with E-state index in [0.717, 1.165) is 24.2 Å². The predicted molar refractivity (Wildman–Crippen MR) is 68.8 cm³/mol. The standard InChI is InChI=1S/C14H22N2O/c1-14(2)6-3-12(4-7-14)17-13-5-8-16-10-11(13)9-15/h5,8,10,12H,3-4,6-7,9,15H2,1-2H3. The highest BCUT2D eigenvalue weighted by Gasteiger charge is 2.28. The monoisotopic (exact) mass is 234 g/mol. The van der Waals surface area contributed by atoms with E-state index in [0.29, 0.717) is 18.1 Å². The normalized spacial score (nSPS) is 20.2. The number of pyridine rings is 1. The predicted octanol–water partition coefficient (Wildman–Crippen LogP) is 2.89. The van der Waals surface area contributed by atoms with Crippen LogP contribution in [0.3, 0.4) is 0 Å². The first kappa shape index (κ1) is 12.4. The number of ether oxygens (including phenoxy) is 1. The summed E-state index contributed by atoms with van der Waals surface area (Å²) < 4.78 is 6.05. The van der Waals surface area contributed by atoms with E-state index in [1.54, 1.807) is 12.4 Å². The number of nitrogens with two attached hydrogens (primary N) is 1. The third kappa shape index (κ3) is 3.19. The number of hydrogen-bond donors (Lipinski definition) is 1. The third-order valence-electron chi connectivity index (χ3n) is 3.66. The second kappa shape index (κ2) is 5.05. The van der Waals surface area contributed by atoms with E-state index < -0.39 is 0 Å². The maximum Gasteiger partial charge on any atom is 0.127 e. The van der Waals surface area contributed by atoms with Gasteiger partial charge in [0.2, 0.25) is 0 Å². The van der Waals surface area contributed by atoms with E-state index in [1.807, 2.05) is 6.07 Å². The van der Waals surface area contributed by atoms with Gasteiger partial charge < -0.3 is 10.5 Å². The van der Waals surface area contributed by atoms with E-state index in [-0.39, 0.29) is 0 Å². The Morgan fingerprint density at radius 2 is 2.12 bits per heavy atom. The van der Waals surface area contributed by atoms with Gasteiger partial charge in [0.15, 0.2) is 0 Å². The quantitative estimate of drug-likeness (QED) is 0.874. The minimum atomic E-state index is 0.343. The molecule has 1 aromatic heterocycles. The molecule has 0 spiro atoms. The molecule has 0 aliphatic heterocycles. The van der Waals surface area contributed by atoms with Crippen molar-refractivity contribution in [2.75, 3.05) is 0 Å². The van der Waals surface area contributed by atoms with Gasteiger partial charge in [0.05, 0.1) is 6.10 Å². The van der Waals surface area contributed by atoms with Crippen molar-refractivity contribution in [3.05, 3.63) is 24.0 Å². The van der Waals surface area contributed by atoms with Gasteiger partial charge in [-0.2, -0.15) is 0 Å². The summed E-state index contributed by atoms with van der Waals surface area (Å²) >= 11 is 0. The number of aromatic nitrogens is 1. The summed E-state index contributed by atoms with van der Waals surface area (Å²) in [6.45, 7) is 5.16. The molecule has 0 unspecified atom stereocenters. The first-order valence-corrected chi connectivity index (χ1v) is 6.40. The average Bonchev–Trinajstić information content (AvgIpc) is 2.32. The molecule has 0 atom stereocenters. The lowest BCUT2D eigenvalue weighted by Gasteiger charge is -2.34. The van der Waals surface area contributed by atoms with E-state index >= 15 is 0 Å². The lowest BCUT2D eigenvalue weighted by atomic mass is 9.76. The molecule has 1 saturated carbocycles. The van der Waals surface area contributed by atoms with Crippen LogP contribution in [0.2, 0.25) is 0 Å². The molecule has 1 aliphatic carbocycles. The Hall–Kier alpha value is -1.09. The van der Waals surface area contributed by atoms with Crippen molar-refractivity contribution in [2.24, 2.45) is 11.1 Å². The lowest BCUT2D eigenvalue weighted by Crippen LogP contribution is -2.28. The molecule has 0 aromatic carbocycles. The summed E-state index contributed by atoms with van der Waals surface area (Å²) in [4.78, 5) is 4.07. The van der Waals surface area contributed by atoms with E-state index in [4.69, 9.17) is 10.5 Å². The van der Waals surface area contributed by atoms with Crippen LogP contribution < -0.4 is 10.5 Å². The summed E-state index contributed by atoms with van der Waals surface area (Å²) in [7, 11) is 0. The van der Waals surface area contributed by atoms with Crippen molar-refractivity contribution in [3.63, 3.8) is 0 Å². The first-order valence-electron chi connectivity index (χ1n) is 6.40. The van der Waals surface area contributed by atoms with Crippen LogP contribution in [0.15, 0.2) is 18.5 Å². The topological polar surface area (TPSA) is 48.1 Å². The summed E-state index contributed by atoms with van der Waals surface area (Å²) in [5.41, 5.74) is 7.16. The van der Waals surface area contributed by atoms with Crippen LogP contribution in [0.4, 0.5) is 0 Å². The largest absolute Gasteiger partial charge is 0.490 e. The van der Waals surface area contributed by atoms with Crippen molar-refractivity contribution in [1.82, 2.24) is 4.98 Å². The molecule has 17 heavy (non-hydrogen) atoms. The number of nitrogens with zero attached hydrogens (tertiary/aromatic N) is 1. The summed E-state index contributed by atoms with van der Waals surface area (Å²) in [6, 6.07) is 1.92. The SMILES string of the molecule is CC1(C)CCC(Oc2ccncc2CN)CC1. The van der Waals surface area contributed by atoms with Gasteiger partial charge in [-0.25, -0.2) is 0 Å². The van der Waals surface area contributed by atoms with Crippen LogP contribution in [0.1, 0.15) is 45.1 Å². The van der Waals surface area contributed by atoms with Gasteiger partial charge in [-0.3, -0.25) is 4.98 Å². The molecule has 3 heteroatoms. The van der Waals surface area contributed by atoms with Crippen molar-refractivity contribution < 1.29 is 4.74 Å². The maximum absolute atomic E-state index is 6.05. The highest BCUT2D eigenvalue weighted by molar-refractivity contribution is 5.30. The molecule has 0 saturated heterocycles. The molecule has 0 amide bonds. The second-order valence-corrected chi connectivity index (χ2v) is 5.67. The van der Waals surface area contributed by atoms with Gasteiger partial charge >= 0.3 is 0 Å². The smallest absolute Gasteiger partial charge is 0.127 e. The van der Waals surface area contributed by atoms with E-state index in [1.165, 1.54) is 12.8 Å². The molecule has 1 aromatic rings. The molecular formula is C14H22N2O. The van der Waals surface area contributed by atoms with Gasteiger partial charge in [0, 0.05) is 24.5 Å². The lowest BCUT2D eigenvalue weighted by molar-refractivity contribution is 0.0978. The molecule has 1 heterocycles. The fourth-order valence-corrected chi connectivity index (χ4v) is 2.35. The Morgan fingerprint density at radius 3 is 2.76 bits per heavy atom. The molecule has 2 rings (SSSR count). The van der Waals surface area contributed by atoms with Gasteiger partial charge in [0.1, 0.15) is 5.75 Å². The molecule has 2 N–H and O–H groups in total. The summed E-state index contributed by atoms with van der Waals surface area (Å²) in [6.07, 6.45) is 8.65. The maximum atomic E-state index is 6.05. The van der Waals surface area contributed by atoms with Crippen molar-refractivity contribution in [2.45, 2.75) is 52.2 Å². The van der Waals surface area contributed by atoms with Gasteiger partial charge in [0.25, 0.3) is 0 Å². The summed E-state index contributed by atoms with van der Waals surface area (Å²) in [5, 5.41) is 0. The fourth-order valence-electron chi connectivity index (χ4n) is 2.35. The van der Waals surface area contributed by atoms with Crippen molar-refractivity contribution >= 4 is 0 Å². The van der Waals surface area contributed by atoms with Gasteiger partial charge in [-0.15, -0.1) is 0 Å². The van der Waals surface area contributed by atoms with Crippen molar-refractivity contribution in [3.8, 4) is 5.75 Å². The van der Waals surface area contributed by atoms with Crippen LogP contribution >= 0.6 is 0 Å². The van der Waals surface area contributed by atoms with E-state index in [2.05, 4.69) is 18.8 Å². The van der Waals surface area contributed by atoms with Crippen LogP contribution in [0.25, 0.3) is 0 Å². The Kier molecular flexibility index (Phi) is 3.67. The summed E-state index contributed by atoms with van der Waals surface area (Å²) in [5.74, 6) is 0.909. The highest BCUT2D eigenvalue weighted by Crippen LogP contribution is 2.36. The highest BCUT2D eigenvalue weighted by atomic mass is 16.5. The molecule has 1 aliphatic rings. The molecule has 94 valence electrons. The Bertz CT molecular complexity index is 366. The van der Waals surface area contributed by atoms with Crippen LogP contribution in [-0.2, 0) is 6.54 Å². The van der Waals surface area contributed by atoms with Crippen LogP contribution in [0.5, 0.6) is 5.75 Å². The third-order valence-corrected chi connectivity index (χ3v) is 3.66. The number of rotatable bonds is 3. The Balaban J connectivity index is 1.98. The Morgan fingerprint density at radius 1 is 1.41 bits per heavy atom. The number of hydrogen-bond acceptors (Lipinski definition) is 3. The van der Waals surface area contributed by atoms with E-state index in [9.17, 15) is 0 Å². The van der Waals surface area contributed by atoms with Crippen LogP contribution in [0, 0.1) is 5.41 Å². The first-order chi connectivity index (χ1) is 8.11. The molecule has 0 radical (unpaired) electrons. The average molecular weight is 234 g/mol. The minimum Gasteiger partial charge on any atom is -0.490 e. The molecule has 3 nitrogen and oxygen atoms in total. The van der Waals surface area contributed by atoms with Gasteiger partial charge in [-0.05, 0) is 37.2 Å². The molecule has 0 bridgehead atoms. The van der Waals surface area contributed by atoms with Crippen LogP contribution in [-0.4, -0.2) is 11.1 Å².